The van der Waals surface area contributed by atoms with Crippen molar-refractivity contribution in [2.24, 2.45) is 17.8 Å². The maximum absolute atomic E-state index is 12.2. The second-order valence-corrected chi connectivity index (χ2v) is 7.53. The van der Waals surface area contributed by atoms with E-state index in [-0.39, 0.29) is 30.2 Å². The number of amides is 2. The summed E-state index contributed by atoms with van der Waals surface area (Å²) in [6.45, 7) is 9.96. The molecule has 5 unspecified atom stereocenters. The third-order valence-electron chi connectivity index (χ3n) is 4.71. The summed E-state index contributed by atoms with van der Waals surface area (Å²) < 4.78 is 0. The molecule has 9 heteroatoms. The van der Waals surface area contributed by atoms with Crippen LogP contribution in [0.4, 0.5) is 0 Å². The second kappa shape index (κ2) is 16.1. The van der Waals surface area contributed by atoms with Gasteiger partial charge in [0.1, 0.15) is 0 Å². The molecule has 0 radical (unpaired) electrons. The first kappa shape index (κ1) is 29.5. The third kappa shape index (κ3) is 13.2. The van der Waals surface area contributed by atoms with Gasteiger partial charge in [0.05, 0.1) is 24.2 Å². The van der Waals surface area contributed by atoms with E-state index in [1.807, 2.05) is 21.0 Å². The van der Waals surface area contributed by atoms with Crippen LogP contribution >= 0.6 is 37.2 Å². The molecule has 0 aliphatic carbocycles. The standard InChI is InChI=1S/C18H37N3O4.I2/c1-11(8-9-21(6)7)13(3)18(25)19-10-12(2)17(24)20-14(4)16(23)15(5)22;1-2/h11-16,22-23H,8-10H2,1-7H3,(H,19,25)(H,20,24);/t11?,12?,13?,14?,15?,16-;/m1./s1. The minimum atomic E-state index is -1.02. The molecule has 7 nitrogen and oxygen atoms in total. The van der Waals surface area contributed by atoms with Gasteiger partial charge in [-0.3, -0.25) is 9.59 Å². The van der Waals surface area contributed by atoms with Gasteiger partial charge in [0.25, 0.3) is 0 Å². The lowest BCUT2D eigenvalue weighted by atomic mass is 9.92. The van der Waals surface area contributed by atoms with Crippen LogP contribution in [0.2, 0.25) is 0 Å². The van der Waals surface area contributed by atoms with E-state index < -0.39 is 24.2 Å². The highest BCUT2D eigenvalue weighted by atomic mass is 128. The Labute approximate surface area is 187 Å². The number of carbonyl (C=O) groups excluding carboxylic acids is 2. The van der Waals surface area contributed by atoms with Gasteiger partial charge in [-0.25, -0.2) is 0 Å². The molecule has 0 bridgehead atoms. The van der Waals surface area contributed by atoms with E-state index in [4.69, 9.17) is 0 Å². The van der Waals surface area contributed by atoms with Gasteiger partial charge in [-0.15, -0.1) is 0 Å². The predicted octanol–water partition coefficient (Wildman–Crippen LogP) is 1.98. The molecule has 27 heavy (non-hydrogen) atoms. The van der Waals surface area contributed by atoms with Crippen LogP contribution in [0.5, 0.6) is 0 Å². The largest absolute Gasteiger partial charge is 0.391 e. The van der Waals surface area contributed by atoms with Crippen LogP contribution in [0.15, 0.2) is 0 Å². The number of rotatable bonds is 11. The highest BCUT2D eigenvalue weighted by Crippen LogP contribution is 2.15. The first-order chi connectivity index (χ1) is 12.5. The zero-order chi connectivity index (χ0) is 21.7. The summed E-state index contributed by atoms with van der Waals surface area (Å²) in [6, 6.07) is -0.560. The molecule has 0 heterocycles. The van der Waals surface area contributed by atoms with Crippen molar-refractivity contribution in [1.29, 1.82) is 0 Å². The Morgan fingerprint density at radius 3 is 1.96 bits per heavy atom. The second-order valence-electron chi connectivity index (χ2n) is 7.53. The lowest BCUT2D eigenvalue weighted by Gasteiger charge is -2.25. The Morgan fingerprint density at radius 2 is 1.52 bits per heavy atom. The lowest BCUT2D eigenvalue weighted by Crippen LogP contribution is -2.49. The van der Waals surface area contributed by atoms with Crippen molar-refractivity contribution in [2.45, 2.75) is 59.3 Å². The average molecular weight is 613 g/mol. The summed E-state index contributed by atoms with van der Waals surface area (Å²) in [6.07, 6.45) is -1.01. The monoisotopic (exact) mass is 613 g/mol. The zero-order valence-electron chi connectivity index (χ0n) is 17.5. The molecule has 0 aromatic rings. The van der Waals surface area contributed by atoms with Crippen molar-refractivity contribution in [3.05, 3.63) is 0 Å². The van der Waals surface area contributed by atoms with Crippen LogP contribution in [-0.4, -0.2) is 72.4 Å². The van der Waals surface area contributed by atoms with Crippen molar-refractivity contribution < 1.29 is 19.8 Å². The number of aliphatic hydroxyl groups is 2. The fourth-order valence-corrected chi connectivity index (χ4v) is 2.35. The van der Waals surface area contributed by atoms with Crippen molar-refractivity contribution in [3.8, 4) is 0 Å². The van der Waals surface area contributed by atoms with E-state index in [2.05, 4.69) is 59.7 Å². The number of nitrogens with zero attached hydrogens (tertiary/aromatic N) is 1. The molecule has 162 valence electrons. The first-order valence-electron chi connectivity index (χ1n) is 9.20. The van der Waals surface area contributed by atoms with Crippen molar-refractivity contribution in [2.75, 3.05) is 27.2 Å². The Balaban J connectivity index is 0. The highest BCUT2D eigenvalue weighted by Gasteiger charge is 2.25. The number of hydrogen-bond donors (Lipinski definition) is 4. The molecule has 0 fully saturated rings. The highest BCUT2D eigenvalue weighted by molar-refractivity contribution is 15.0. The maximum atomic E-state index is 12.2. The Morgan fingerprint density at radius 1 is 1.00 bits per heavy atom. The fraction of sp³-hybridized carbons (Fsp3) is 0.889. The molecule has 0 aliphatic heterocycles. The first-order valence-corrected chi connectivity index (χ1v) is 15.5. The average Bonchev–Trinajstić information content (AvgIpc) is 2.63. The molecule has 0 aliphatic rings. The van der Waals surface area contributed by atoms with Gasteiger partial charge >= 0.3 is 0 Å². The summed E-state index contributed by atoms with van der Waals surface area (Å²) in [5.41, 5.74) is 0. The Hall–Kier alpha value is 0.280. The van der Waals surface area contributed by atoms with Crippen molar-refractivity contribution >= 4 is 49.0 Å². The molecule has 2 amide bonds. The molecular formula is C18H37I2N3O4. The van der Waals surface area contributed by atoms with Crippen molar-refractivity contribution in [3.63, 3.8) is 0 Å². The van der Waals surface area contributed by atoms with Gasteiger partial charge in [0, 0.05) is 49.7 Å². The molecule has 4 N–H and O–H groups in total. The van der Waals surface area contributed by atoms with Crippen LogP contribution in [0.1, 0.15) is 41.0 Å². The minimum Gasteiger partial charge on any atom is -0.391 e. The van der Waals surface area contributed by atoms with Crippen LogP contribution in [-0.2, 0) is 9.59 Å². The van der Waals surface area contributed by atoms with Crippen LogP contribution < -0.4 is 10.6 Å². The summed E-state index contributed by atoms with van der Waals surface area (Å²) in [5, 5.41) is 24.6. The molecular weight excluding hydrogens is 576 g/mol. The molecule has 0 spiro atoms. The van der Waals surface area contributed by atoms with Gasteiger partial charge in [-0.1, -0.05) is 20.8 Å². The van der Waals surface area contributed by atoms with Gasteiger partial charge in [-0.2, -0.15) is 0 Å². The van der Waals surface area contributed by atoms with E-state index in [9.17, 15) is 19.8 Å². The smallest absolute Gasteiger partial charge is 0.224 e. The quantitative estimate of drug-likeness (QED) is 0.267. The third-order valence-corrected chi connectivity index (χ3v) is 4.71. The predicted molar refractivity (Wildman–Crippen MR) is 127 cm³/mol. The van der Waals surface area contributed by atoms with Crippen LogP contribution in [0.3, 0.4) is 0 Å². The number of halogens is 2. The summed E-state index contributed by atoms with van der Waals surface area (Å²) in [4.78, 5) is 26.5. The van der Waals surface area contributed by atoms with Crippen molar-refractivity contribution in [1.82, 2.24) is 15.5 Å². The summed E-state index contributed by atoms with van der Waals surface area (Å²) in [7, 11) is 4.01. The minimum absolute atomic E-state index is 0.0528. The zero-order valence-corrected chi connectivity index (χ0v) is 21.8. The number of carbonyl (C=O) groups is 2. The van der Waals surface area contributed by atoms with E-state index >= 15 is 0 Å². The normalized spacial score (nSPS) is 17.6. The van der Waals surface area contributed by atoms with Gasteiger partial charge in [0.15, 0.2) is 0 Å². The van der Waals surface area contributed by atoms with E-state index in [1.54, 1.807) is 13.8 Å². The lowest BCUT2D eigenvalue weighted by molar-refractivity contribution is -0.128. The van der Waals surface area contributed by atoms with Crippen LogP contribution in [0, 0.1) is 17.8 Å². The fourth-order valence-electron chi connectivity index (χ4n) is 2.35. The molecule has 0 saturated heterocycles. The SMILES string of the molecule is CC(CNC(=O)C(C)C(C)CCN(C)C)C(=O)NC(C)[C@@H](O)C(C)O.II. The van der Waals surface area contributed by atoms with Gasteiger partial charge < -0.3 is 25.7 Å². The van der Waals surface area contributed by atoms with Crippen LogP contribution in [0.25, 0.3) is 0 Å². The maximum Gasteiger partial charge on any atom is 0.224 e. The van der Waals surface area contributed by atoms with E-state index in [0.29, 0.717) is 0 Å². The number of aliphatic hydroxyl groups excluding tert-OH is 2. The molecule has 6 atom stereocenters. The Bertz CT molecular complexity index is 425. The molecule has 0 rings (SSSR count). The van der Waals surface area contributed by atoms with Gasteiger partial charge in [0.2, 0.25) is 11.8 Å². The van der Waals surface area contributed by atoms with E-state index in [1.165, 1.54) is 6.92 Å². The number of nitrogens with one attached hydrogen (secondary N) is 2. The topological polar surface area (TPSA) is 102 Å². The van der Waals surface area contributed by atoms with Gasteiger partial charge in [-0.05, 0) is 46.8 Å². The molecule has 0 aromatic heterocycles. The summed E-state index contributed by atoms with van der Waals surface area (Å²) in [5.74, 6) is -0.598. The number of hydrogen-bond acceptors (Lipinski definition) is 5. The molecule has 0 aromatic carbocycles. The Kier molecular flexibility index (Phi) is 17.6. The molecule has 0 saturated carbocycles. The summed E-state index contributed by atoms with van der Waals surface area (Å²) >= 11 is 4.24. The van der Waals surface area contributed by atoms with E-state index in [0.717, 1.165) is 13.0 Å².